The van der Waals surface area contributed by atoms with E-state index in [9.17, 15) is 9.59 Å². The zero-order chi connectivity index (χ0) is 26.7. The van der Waals surface area contributed by atoms with Crippen LogP contribution in [-0.2, 0) is 4.79 Å². The van der Waals surface area contributed by atoms with Gasteiger partial charge in [0.1, 0.15) is 5.75 Å². The summed E-state index contributed by atoms with van der Waals surface area (Å²) in [4.78, 5) is 27.1. The van der Waals surface area contributed by atoms with E-state index in [2.05, 4.69) is 31.0 Å². The van der Waals surface area contributed by atoms with Gasteiger partial charge in [0.2, 0.25) is 5.91 Å². The lowest BCUT2D eigenvalue weighted by Gasteiger charge is -2.63. The molecule has 5 heteroatoms. The van der Waals surface area contributed by atoms with Crippen molar-refractivity contribution < 1.29 is 14.3 Å². The Morgan fingerprint density at radius 3 is 2.47 bits per heavy atom. The van der Waals surface area contributed by atoms with Crippen LogP contribution in [0.3, 0.4) is 0 Å². The SMILES string of the molecule is CC1C[C@H]2N(C)C(=O)CC[C@]2(C)[C@H]2CC[C@]3(C)C[C@@H](Oc4ccc(NC(=O)c5ccccc5)cc4)C[C@H]3C12. The first-order valence-electron chi connectivity index (χ1n) is 14.6. The zero-order valence-corrected chi connectivity index (χ0v) is 23.3. The second-order valence-corrected chi connectivity index (χ2v) is 13.2. The molecule has 1 heterocycles. The van der Waals surface area contributed by atoms with Crippen molar-refractivity contribution in [2.24, 2.45) is 34.5 Å². The van der Waals surface area contributed by atoms with E-state index >= 15 is 0 Å². The Kier molecular flexibility index (Phi) is 6.32. The van der Waals surface area contributed by atoms with E-state index in [1.54, 1.807) is 0 Å². The lowest BCUT2D eigenvalue weighted by atomic mass is 9.45. The lowest BCUT2D eigenvalue weighted by Crippen LogP contribution is -2.62. The molecule has 2 unspecified atom stereocenters. The fourth-order valence-electron chi connectivity index (χ4n) is 9.15. The van der Waals surface area contributed by atoms with Crippen LogP contribution in [0, 0.1) is 34.5 Å². The Morgan fingerprint density at radius 1 is 1.00 bits per heavy atom. The third kappa shape index (κ3) is 4.23. The number of ether oxygens (including phenoxy) is 1. The van der Waals surface area contributed by atoms with Gasteiger partial charge in [-0.15, -0.1) is 0 Å². The zero-order valence-electron chi connectivity index (χ0n) is 23.3. The van der Waals surface area contributed by atoms with E-state index < -0.39 is 0 Å². The number of anilines is 1. The molecule has 38 heavy (non-hydrogen) atoms. The molecule has 2 aromatic rings. The van der Waals surface area contributed by atoms with Gasteiger partial charge in [-0.3, -0.25) is 9.59 Å². The molecule has 202 valence electrons. The molecule has 0 aromatic heterocycles. The number of nitrogens with zero attached hydrogens (tertiary/aromatic N) is 1. The summed E-state index contributed by atoms with van der Waals surface area (Å²) < 4.78 is 6.59. The molecule has 2 aromatic carbocycles. The van der Waals surface area contributed by atoms with Crippen molar-refractivity contribution in [3.8, 4) is 5.75 Å². The molecule has 6 rings (SSSR count). The second kappa shape index (κ2) is 9.43. The van der Waals surface area contributed by atoms with Crippen molar-refractivity contribution in [3.05, 3.63) is 60.2 Å². The Hall–Kier alpha value is -2.82. The minimum Gasteiger partial charge on any atom is -0.490 e. The van der Waals surface area contributed by atoms with Gasteiger partial charge in [-0.05, 0) is 109 Å². The number of likely N-dealkylation sites (tertiary alicyclic amines) is 1. The highest BCUT2D eigenvalue weighted by atomic mass is 16.5. The molecular formula is C33H42N2O3. The molecule has 8 atom stereocenters. The molecule has 3 saturated carbocycles. The van der Waals surface area contributed by atoms with Crippen LogP contribution in [0.4, 0.5) is 5.69 Å². The van der Waals surface area contributed by atoms with Crippen LogP contribution in [0.1, 0.15) is 76.1 Å². The van der Waals surface area contributed by atoms with Crippen LogP contribution >= 0.6 is 0 Å². The molecule has 2 amide bonds. The Bertz CT molecular complexity index is 1200. The number of hydrogen-bond acceptors (Lipinski definition) is 3. The van der Waals surface area contributed by atoms with E-state index in [4.69, 9.17) is 4.74 Å². The normalized spacial score (nSPS) is 38.1. The number of amides is 2. The summed E-state index contributed by atoms with van der Waals surface area (Å²) in [7, 11) is 2.04. The van der Waals surface area contributed by atoms with Crippen molar-refractivity contribution in [3.63, 3.8) is 0 Å². The van der Waals surface area contributed by atoms with Crippen molar-refractivity contribution in [2.75, 3.05) is 12.4 Å². The van der Waals surface area contributed by atoms with E-state index in [0.717, 1.165) is 37.1 Å². The largest absolute Gasteiger partial charge is 0.490 e. The fourth-order valence-corrected chi connectivity index (χ4v) is 9.15. The van der Waals surface area contributed by atoms with Crippen LogP contribution in [0.2, 0.25) is 0 Å². The quantitative estimate of drug-likeness (QED) is 0.488. The molecule has 4 aliphatic rings. The predicted molar refractivity (Wildman–Crippen MR) is 150 cm³/mol. The van der Waals surface area contributed by atoms with Gasteiger partial charge < -0.3 is 15.0 Å². The van der Waals surface area contributed by atoms with Crippen LogP contribution in [0.25, 0.3) is 0 Å². The summed E-state index contributed by atoms with van der Waals surface area (Å²) in [6.45, 7) is 7.46. The molecule has 3 aliphatic carbocycles. The molecule has 0 bridgehead atoms. The number of carbonyl (C=O) groups excluding carboxylic acids is 2. The number of hydrogen-bond donors (Lipinski definition) is 1. The van der Waals surface area contributed by atoms with Crippen molar-refractivity contribution in [2.45, 2.75) is 77.9 Å². The van der Waals surface area contributed by atoms with Crippen molar-refractivity contribution >= 4 is 17.5 Å². The fraction of sp³-hybridized carbons (Fsp3) is 0.576. The van der Waals surface area contributed by atoms with E-state index in [1.807, 2.05) is 61.6 Å². The first kappa shape index (κ1) is 25.5. The first-order valence-corrected chi connectivity index (χ1v) is 14.6. The van der Waals surface area contributed by atoms with Crippen LogP contribution < -0.4 is 10.1 Å². The Morgan fingerprint density at radius 2 is 1.74 bits per heavy atom. The maximum absolute atomic E-state index is 12.5. The van der Waals surface area contributed by atoms with Crippen molar-refractivity contribution in [1.29, 1.82) is 0 Å². The predicted octanol–water partition coefficient (Wildman–Crippen LogP) is 6.80. The highest BCUT2D eigenvalue weighted by molar-refractivity contribution is 6.04. The molecule has 0 radical (unpaired) electrons. The van der Waals surface area contributed by atoms with E-state index in [-0.39, 0.29) is 17.4 Å². The molecule has 1 aliphatic heterocycles. The summed E-state index contributed by atoms with van der Waals surface area (Å²) in [5.74, 6) is 3.81. The number of carbonyl (C=O) groups is 2. The van der Waals surface area contributed by atoms with E-state index in [0.29, 0.717) is 53.0 Å². The number of nitrogens with one attached hydrogen (secondary N) is 1. The third-order valence-corrected chi connectivity index (χ3v) is 11.1. The third-order valence-electron chi connectivity index (χ3n) is 11.1. The number of piperidine rings is 1. The maximum atomic E-state index is 12.5. The lowest BCUT2D eigenvalue weighted by molar-refractivity contribution is -0.164. The highest BCUT2D eigenvalue weighted by Crippen LogP contribution is 2.66. The number of benzene rings is 2. The van der Waals surface area contributed by atoms with E-state index in [1.165, 1.54) is 12.8 Å². The molecule has 1 N–H and O–H groups in total. The minimum atomic E-state index is -0.104. The first-order chi connectivity index (χ1) is 18.2. The Labute approximate surface area is 227 Å². The smallest absolute Gasteiger partial charge is 0.255 e. The average molecular weight is 515 g/mol. The van der Waals surface area contributed by atoms with Gasteiger partial charge in [0, 0.05) is 30.8 Å². The average Bonchev–Trinajstić information content (AvgIpc) is 3.25. The summed E-state index contributed by atoms with van der Waals surface area (Å²) in [5, 5.41) is 2.97. The van der Waals surface area contributed by atoms with Gasteiger partial charge in [-0.2, -0.15) is 0 Å². The van der Waals surface area contributed by atoms with Crippen LogP contribution in [-0.4, -0.2) is 35.9 Å². The monoisotopic (exact) mass is 514 g/mol. The number of rotatable bonds is 4. The second-order valence-electron chi connectivity index (χ2n) is 13.2. The molecule has 5 nitrogen and oxygen atoms in total. The van der Waals surface area contributed by atoms with Crippen LogP contribution in [0.15, 0.2) is 54.6 Å². The minimum absolute atomic E-state index is 0.104. The topological polar surface area (TPSA) is 58.6 Å². The van der Waals surface area contributed by atoms with Gasteiger partial charge in [0.15, 0.2) is 0 Å². The van der Waals surface area contributed by atoms with Gasteiger partial charge in [-0.1, -0.05) is 39.0 Å². The Balaban J connectivity index is 1.14. The summed E-state index contributed by atoms with van der Waals surface area (Å²) >= 11 is 0. The van der Waals surface area contributed by atoms with Crippen LogP contribution in [0.5, 0.6) is 5.75 Å². The van der Waals surface area contributed by atoms with Gasteiger partial charge in [-0.25, -0.2) is 0 Å². The summed E-state index contributed by atoms with van der Waals surface area (Å²) in [5.41, 5.74) is 1.98. The number of fused-ring (bicyclic) bond motifs is 5. The van der Waals surface area contributed by atoms with Crippen molar-refractivity contribution in [1.82, 2.24) is 4.90 Å². The summed E-state index contributed by atoms with van der Waals surface area (Å²) in [6, 6.07) is 17.5. The highest BCUT2D eigenvalue weighted by Gasteiger charge is 2.62. The van der Waals surface area contributed by atoms with Gasteiger partial charge in [0.05, 0.1) is 6.10 Å². The summed E-state index contributed by atoms with van der Waals surface area (Å²) in [6.07, 6.45) is 7.87. The molecule has 1 saturated heterocycles. The van der Waals surface area contributed by atoms with Gasteiger partial charge in [0.25, 0.3) is 5.91 Å². The standard InChI is InChI=1S/C33H42N2O3/c1-21-18-28-33(3,17-15-29(36)35(28)4)26-14-16-32(2)20-25(19-27(32)30(21)26)38-24-12-10-23(11-13-24)34-31(37)22-8-6-5-7-9-22/h5-13,21,25-28,30H,14-20H2,1-4H3,(H,34,37)/t21?,25-,26-,27-,28+,30?,32+,33+/m0/s1. The maximum Gasteiger partial charge on any atom is 0.255 e. The molecular weight excluding hydrogens is 472 g/mol. The van der Waals surface area contributed by atoms with Gasteiger partial charge >= 0.3 is 0 Å². The molecule has 0 spiro atoms. The molecule has 4 fully saturated rings.